The van der Waals surface area contributed by atoms with Gasteiger partial charge in [0.15, 0.2) is 0 Å². The average molecular weight is 441 g/mol. The molecule has 0 aliphatic rings. The van der Waals surface area contributed by atoms with Gasteiger partial charge in [-0.1, -0.05) is 66.7 Å². The first-order chi connectivity index (χ1) is 16.1. The molecule has 1 N–H and O–H groups in total. The summed E-state index contributed by atoms with van der Waals surface area (Å²) < 4.78 is 7.46. The fourth-order valence-electron chi connectivity index (χ4n) is 3.93. The van der Waals surface area contributed by atoms with E-state index in [1.165, 1.54) is 22.3 Å². The Morgan fingerprint density at radius 1 is 0.848 bits per heavy atom. The van der Waals surface area contributed by atoms with Crippen LogP contribution in [0.2, 0.25) is 0 Å². The van der Waals surface area contributed by atoms with Crippen LogP contribution in [0.5, 0.6) is 5.75 Å². The summed E-state index contributed by atoms with van der Waals surface area (Å²) in [6, 6.07) is 27.3. The number of nitrogens with one attached hydrogen (secondary N) is 1. The van der Waals surface area contributed by atoms with Crippen LogP contribution in [0.1, 0.15) is 22.3 Å². The highest BCUT2D eigenvalue weighted by Crippen LogP contribution is 2.26. The standard InChI is InChI=1S/C28H32N4O/c1-31(2)19-24-14-12-22(13-15-24)17-29-18-26-21-32(20-23-8-5-4-6-9-23)30-28(26)25-10-7-11-27(16-25)33-3/h4-16,21,29H,17-20H2,1-3H3. The van der Waals surface area contributed by atoms with E-state index in [-0.39, 0.29) is 0 Å². The SMILES string of the molecule is COc1cccc(-c2nn(Cc3ccccc3)cc2CNCc2ccc(CN(C)C)cc2)c1. The smallest absolute Gasteiger partial charge is 0.119 e. The van der Waals surface area contributed by atoms with Crippen LogP contribution in [0, 0.1) is 0 Å². The number of nitrogens with zero attached hydrogens (tertiary/aromatic N) is 3. The first-order valence-electron chi connectivity index (χ1n) is 11.3. The van der Waals surface area contributed by atoms with Crippen LogP contribution in [0.3, 0.4) is 0 Å². The summed E-state index contributed by atoms with van der Waals surface area (Å²) >= 11 is 0. The predicted octanol–water partition coefficient (Wildman–Crippen LogP) is 4.96. The first kappa shape index (κ1) is 22.8. The van der Waals surface area contributed by atoms with E-state index in [9.17, 15) is 0 Å². The van der Waals surface area contributed by atoms with Gasteiger partial charge in [0.1, 0.15) is 5.75 Å². The van der Waals surface area contributed by atoms with Crippen molar-refractivity contribution in [2.45, 2.75) is 26.2 Å². The second-order valence-corrected chi connectivity index (χ2v) is 8.58. The Balaban J connectivity index is 1.50. The van der Waals surface area contributed by atoms with Gasteiger partial charge in [0, 0.05) is 37.0 Å². The third-order valence-electron chi connectivity index (χ3n) is 5.53. The molecular formula is C28H32N4O. The molecule has 0 spiro atoms. The van der Waals surface area contributed by atoms with Crippen molar-refractivity contribution in [2.75, 3.05) is 21.2 Å². The molecule has 3 aromatic carbocycles. The van der Waals surface area contributed by atoms with Crippen LogP contribution in [0.4, 0.5) is 0 Å². The van der Waals surface area contributed by atoms with E-state index in [4.69, 9.17) is 9.84 Å². The minimum atomic E-state index is 0.737. The summed E-state index contributed by atoms with van der Waals surface area (Å²) in [6.45, 7) is 3.24. The molecule has 0 saturated carbocycles. The average Bonchev–Trinajstić information content (AvgIpc) is 3.23. The lowest BCUT2D eigenvalue weighted by Crippen LogP contribution is -2.13. The molecule has 0 unspecified atom stereocenters. The second-order valence-electron chi connectivity index (χ2n) is 8.58. The van der Waals surface area contributed by atoms with Gasteiger partial charge in [-0.3, -0.25) is 4.68 Å². The summed E-state index contributed by atoms with van der Waals surface area (Å²) in [6.07, 6.45) is 2.15. The fraction of sp³-hybridized carbons (Fsp3) is 0.250. The normalized spacial score (nSPS) is 11.2. The van der Waals surface area contributed by atoms with Gasteiger partial charge in [-0.2, -0.15) is 5.10 Å². The minimum Gasteiger partial charge on any atom is -0.497 e. The van der Waals surface area contributed by atoms with E-state index in [1.54, 1.807) is 7.11 Å². The van der Waals surface area contributed by atoms with Gasteiger partial charge >= 0.3 is 0 Å². The summed E-state index contributed by atoms with van der Waals surface area (Å²) in [5.41, 5.74) is 7.05. The van der Waals surface area contributed by atoms with Crippen molar-refractivity contribution in [1.82, 2.24) is 20.0 Å². The van der Waals surface area contributed by atoms with Gasteiger partial charge in [-0.25, -0.2) is 0 Å². The lowest BCUT2D eigenvalue weighted by molar-refractivity contribution is 0.402. The molecule has 33 heavy (non-hydrogen) atoms. The summed E-state index contributed by atoms with van der Waals surface area (Å²) in [7, 11) is 5.88. The van der Waals surface area contributed by atoms with Gasteiger partial charge in [0.25, 0.3) is 0 Å². The van der Waals surface area contributed by atoms with Crippen molar-refractivity contribution in [3.8, 4) is 17.0 Å². The number of hydrogen-bond donors (Lipinski definition) is 1. The van der Waals surface area contributed by atoms with Crippen molar-refractivity contribution < 1.29 is 4.74 Å². The molecule has 1 aromatic heterocycles. The summed E-state index contributed by atoms with van der Waals surface area (Å²) in [5.74, 6) is 0.835. The Kier molecular flexibility index (Phi) is 7.55. The molecule has 170 valence electrons. The van der Waals surface area contributed by atoms with E-state index < -0.39 is 0 Å². The van der Waals surface area contributed by atoms with Crippen molar-refractivity contribution in [3.05, 3.63) is 107 Å². The zero-order chi connectivity index (χ0) is 23.0. The molecule has 5 heteroatoms. The maximum Gasteiger partial charge on any atom is 0.119 e. The largest absolute Gasteiger partial charge is 0.497 e. The Morgan fingerprint density at radius 2 is 1.61 bits per heavy atom. The lowest BCUT2D eigenvalue weighted by Gasteiger charge is -2.10. The number of ether oxygens (including phenoxy) is 1. The van der Waals surface area contributed by atoms with Crippen LogP contribution in [0.25, 0.3) is 11.3 Å². The molecule has 4 aromatic rings. The third kappa shape index (κ3) is 6.31. The Morgan fingerprint density at radius 3 is 2.33 bits per heavy atom. The van der Waals surface area contributed by atoms with E-state index in [0.29, 0.717) is 0 Å². The molecule has 5 nitrogen and oxygen atoms in total. The van der Waals surface area contributed by atoms with E-state index >= 15 is 0 Å². The molecule has 1 heterocycles. The van der Waals surface area contributed by atoms with Crippen molar-refractivity contribution >= 4 is 0 Å². The molecule has 0 aliphatic heterocycles. The number of aromatic nitrogens is 2. The highest BCUT2D eigenvalue weighted by molar-refractivity contribution is 5.64. The summed E-state index contributed by atoms with van der Waals surface area (Å²) in [5, 5.41) is 8.53. The van der Waals surface area contributed by atoms with E-state index in [2.05, 4.69) is 85.1 Å². The molecule has 0 amide bonds. The Bertz CT molecular complexity index is 1150. The van der Waals surface area contributed by atoms with Crippen LogP contribution >= 0.6 is 0 Å². The number of methoxy groups -OCH3 is 1. The Hall–Kier alpha value is -3.41. The van der Waals surface area contributed by atoms with Crippen molar-refractivity contribution in [1.29, 1.82) is 0 Å². The van der Waals surface area contributed by atoms with Gasteiger partial charge in [0.2, 0.25) is 0 Å². The molecule has 0 bridgehead atoms. The minimum absolute atomic E-state index is 0.737. The maximum atomic E-state index is 5.44. The topological polar surface area (TPSA) is 42.3 Å². The fourth-order valence-corrected chi connectivity index (χ4v) is 3.93. The first-order valence-corrected chi connectivity index (χ1v) is 11.3. The van der Waals surface area contributed by atoms with Crippen LogP contribution in [-0.4, -0.2) is 35.9 Å². The van der Waals surface area contributed by atoms with Crippen molar-refractivity contribution in [3.63, 3.8) is 0 Å². The van der Waals surface area contributed by atoms with Crippen LogP contribution < -0.4 is 10.1 Å². The van der Waals surface area contributed by atoms with Gasteiger partial charge in [0.05, 0.1) is 19.3 Å². The molecular weight excluding hydrogens is 408 g/mol. The zero-order valence-corrected chi connectivity index (χ0v) is 19.7. The quantitative estimate of drug-likeness (QED) is 0.379. The second kappa shape index (κ2) is 10.9. The number of rotatable bonds is 10. The maximum absolute atomic E-state index is 5.44. The monoisotopic (exact) mass is 440 g/mol. The highest BCUT2D eigenvalue weighted by atomic mass is 16.5. The lowest BCUT2D eigenvalue weighted by atomic mass is 10.1. The van der Waals surface area contributed by atoms with E-state index in [1.807, 2.05) is 28.9 Å². The van der Waals surface area contributed by atoms with Crippen molar-refractivity contribution in [2.24, 2.45) is 0 Å². The van der Waals surface area contributed by atoms with Crippen LogP contribution in [0.15, 0.2) is 85.1 Å². The highest BCUT2D eigenvalue weighted by Gasteiger charge is 2.12. The number of hydrogen-bond acceptors (Lipinski definition) is 4. The molecule has 0 saturated heterocycles. The predicted molar refractivity (Wildman–Crippen MR) is 134 cm³/mol. The Labute approximate surface area is 196 Å². The van der Waals surface area contributed by atoms with Gasteiger partial charge in [-0.15, -0.1) is 0 Å². The molecule has 4 rings (SSSR count). The molecule has 0 atom stereocenters. The van der Waals surface area contributed by atoms with Crippen LogP contribution in [-0.2, 0) is 26.2 Å². The molecule has 0 aliphatic carbocycles. The zero-order valence-electron chi connectivity index (χ0n) is 19.7. The number of benzene rings is 3. The summed E-state index contributed by atoms with van der Waals surface area (Å²) in [4.78, 5) is 2.18. The van der Waals surface area contributed by atoms with Gasteiger partial charge in [-0.05, 0) is 42.9 Å². The van der Waals surface area contributed by atoms with E-state index in [0.717, 1.165) is 43.2 Å². The third-order valence-corrected chi connectivity index (χ3v) is 5.53. The molecule has 0 radical (unpaired) electrons. The molecule has 0 fully saturated rings. The van der Waals surface area contributed by atoms with Gasteiger partial charge < -0.3 is 15.0 Å².